The van der Waals surface area contributed by atoms with Gasteiger partial charge in [0.1, 0.15) is 5.02 Å². The highest BCUT2D eigenvalue weighted by molar-refractivity contribution is 7.89. The van der Waals surface area contributed by atoms with E-state index in [-0.39, 0.29) is 16.0 Å². The van der Waals surface area contributed by atoms with Crippen molar-refractivity contribution in [1.29, 1.82) is 0 Å². The van der Waals surface area contributed by atoms with Crippen LogP contribution in [0.15, 0.2) is 23.1 Å². The molecule has 1 aliphatic rings. The highest BCUT2D eigenvalue weighted by atomic mass is 35.5. The molecule has 0 bridgehead atoms. The normalized spacial score (nSPS) is 16.3. The second kappa shape index (κ2) is 4.83. The number of nitrogens with one attached hydrogen (secondary N) is 1. The van der Waals surface area contributed by atoms with Crippen molar-refractivity contribution in [2.75, 3.05) is 0 Å². The molecule has 0 unspecified atom stereocenters. The Morgan fingerprint density at radius 2 is 2.06 bits per heavy atom. The fraction of sp³-hybridized carbons (Fsp3) is 0.400. The Hall–Kier alpha value is -1.18. The van der Waals surface area contributed by atoms with Gasteiger partial charge in [-0.1, -0.05) is 18.0 Å². The average molecular weight is 291 g/mol. The Balaban J connectivity index is 2.32. The van der Waals surface area contributed by atoms with Crippen LogP contribution in [0.5, 0.6) is 0 Å². The van der Waals surface area contributed by atoms with E-state index in [1.54, 1.807) is 0 Å². The third-order valence-corrected chi connectivity index (χ3v) is 4.69. The molecule has 1 saturated carbocycles. The lowest BCUT2D eigenvalue weighted by Gasteiger charge is -2.26. The molecule has 0 aromatic heterocycles. The lowest BCUT2D eigenvalue weighted by atomic mass is 9.94. The van der Waals surface area contributed by atoms with E-state index in [0.29, 0.717) is 0 Å². The zero-order chi connectivity index (χ0) is 13.3. The number of hydrogen-bond donors (Lipinski definition) is 1. The number of sulfonamides is 1. The van der Waals surface area contributed by atoms with Gasteiger partial charge in [-0.3, -0.25) is 10.1 Å². The van der Waals surface area contributed by atoms with Gasteiger partial charge in [-0.15, -0.1) is 0 Å². The van der Waals surface area contributed by atoms with Gasteiger partial charge in [0.05, 0.1) is 9.82 Å². The summed E-state index contributed by atoms with van der Waals surface area (Å²) in [5.74, 6) is 0. The predicted octanol–water partition coefficient (Wildman–Crippen LogP) is 2.08. The zero-order valence-corrected chi connectivity index (χ0v) is 10.9. The van der Waals surface area contributed by atoms with Gasteiger partial charge in [-0.05, 0) is 25.0 Å². The second-order valence-electron chi connectivity index (χ2n) is 4.12. The van der Waals surface area contributed by atoms with Crippen LogP contribution in [0, 0.1) is 10.1 Å². The first kappa shape index (κ1) is 13.3. The number of benzene rings is 1. The van der Waals surface area contributed by atoms with Crippen molar-refractivity contribution in [2.45, 2.75) is 30.2 Å². The molecule has 1 aliphatic carbocycles. The van der Waals surface area contributed by atoms with E-state index in [2.05, 4.69) is 4.72 Å². The van der Waals surface area contributed by atoms with Gasteiger partial charge in [0.2, 0.25) is 10.0 Å². The van der Waals surface area contributed by atoms with Crippen LogP contribution in [0.4, 0.5) is 5.69 Å². The highest BCUT2D eigenvalue weighted by Crippen LogP contribution is 2.28. The van der Waals surface area contributed by atoms with Crippen LogP contribution in [0.3, 0.4) is 0 Å². The topological polar surface area (TPSA) is 89.3 Å². The summed E-state index contributed by atoms with van der Waals surface area (Å²) in [5.41, 5.74) is -0.409. The van der Waals surface area contributed by atoms with Gasteiger partial charge in [-0.25, -0.2) is 13.1 Å². The second-order valence-corrected chi connectivity index (χ2v) is 6.24. The molecule has 0 amide bonds. The van der Waals surface area contributed by atoms with E-state index in [1.807, 2.05) is 0 Å². The maximum atomic E-state index is 11.9. The number of halogens is 1. The van der Waals surface area contributed by atoms with Crippen LogP contribution in [-0.4, -0.2) is 19.4 Å². The van der Waals surface area contributed by atoms with Crippen molar-refractivity contribution < 1.29 is 13.3 Å². The summed E-state index contributed by atoms with van der Waals surface area (Å²) in [7, 11) is -3.71. The zero-order valence-electron chi connectivity index (χ0n) is 9.30. The van der Waals surface area contributed by atoms with Crippen molar-refractivity contribution in [3.8, 4) is 0 Å². The van der Waals surface area contributed by atoms with Gasteiger partial charge in [0.15, 0.2) is 0 Å². The molecule has 6 nitrogen and oxygen atoms in total. The third kappa shape index (κ3) is 2.63. The van der Waals surface area contributed by atoms with Crippen molar-refractivity contribution in [3.05, 3.63) is 33.3 Å². The van der Waals surface area contributed by atoms with Gasteiger partial charge in [-0.2, -0.15) is 0 Å². The molecule has 0 heterocycles. The van der Waals surface area contributed by atoms with Crippen LogP contribution >= 0.6 is 11.6 Å². The predicted molar refractivity (Wildman–Crippen MR) is 66.1 cm³/mol. The number of nitrogens with zero attached hydrogens (tertiary/aromatic N) is 1. The molecule has 0 spiro atoms. The summed E-state index contributed by atoms with van der Waals surface area (Å²) in [5, 5.41) is 10.6. The fourth-order valence-electron chi connectivity index (χ4n) is 1.61. The standard InChI is InChI=1S/C10H11ClN2O4S/c11-9-5-4-8(6-10(9)13(14)15)18(16,17)12-7-2-1-3-7/h4-7,12H,1-3H2. The SMILES string of the molecule is O=[N+]([O-])c1cc(S(=O)(=O)NC2CCC2)ccc1Cl. The number of rotatable bonds is 4. The summed E-state index contributed by atoms with van der Waals surface area (Å²) >= 11 is 5.63. The Bertz CT molecular complexity index is 584. The number of nitro benzene ring substituents is 1. The Labute approximate surface area is 109 Å². The molecule has 1 aromatic carbocycles. The third-order valence-electron chi connectivity index (χ3n) is 2.85. The molecule has 1 fully saturated rings. The smallest absolute Gasteiger partial charge is 0.258 e. The minimum absolute atomic E-state index is 0.0651. The summed E-state index contributed by atoms with van der Waals surface area (Å²) in [6.45, 7) is 0. The monoisotopic (exact) mass is 290 g/mol. The van der Waals surface area contributed by atoms with Crippen molar-refractivity contribution >= 4 is 27.3 Å². The molecule has 1 N–H and O–H groups in total. The van der Waals surface area contributed by atoms with Gasteiger partial charge in [0.25, 0.3) is 5.69 Å². The first-order chi connectivity index (χ1) is 8.40. The molecular formula is C10H11ClN2O4S. The van der Waals surface area contributed by atoms with Crippen molar-refractivity contribution in [2.24, 2.45) is 0 Å². The Morgan fingerprint density at radius 1 is 1.39 bits per heavy atom. The quantitative estimate of drug-likeness (QED) is 0.679. The highest BCUT2D eigenvalue weighted by Gasteiger charge is 2.26. The first-order valence-corrected chi connectivity index (χ1v) is 7.22. The van der Waals surface area contributed by atoms with E-state index < -0.39 is 20.6 Å². The molecule has 0 aliphatic heterocycles. The number of nitro groups is 1. The van der Waals surface area contributed by atoms with E-state index in [1.165, 1.54) is 12.1 Å². The minimum atomic E-state index is -3.71. The molecule has 8 heteroatoms. The molecule has 2 rings (SSSR count). The van der Waals surface area contributed by atoms with Crippen molar-refractivity contribution in [3.63, 3.8) is 0 Å². The summed E-state index contributed by atoms with van der Waals surface area (Å²) < 4.78 is 26.4. The minimum Gasteiger partial charge on any atom is -0.258 e. The largest absolute Gasteiger partial charge is 0.289 e. The van der Waals surface area contributed by atoms with Crippen LogP contribution < -0.4 is 4.72 Å². The average Bonchev–Trinajstić information content (AvgIpc) is 2.23. The molecular weight excluding hydrogens is 280 g/mol. The molecule has 0 atom stereocenters. The Morgan fingerprint density at radius 3 is 2.56 bits per heavy atom. The molecule has 18 heavy (non-hydrogen) atoms. The van der Waals surface area contributed by atoms with Crippen molar-refractivity contribution in [1.82, 2.24) is 4.72 Å². The van der Waals surface area contributed by atoms with Gasteiger partial charge < -0.3 is 0 Å². The molecule has 0 radical (unpaired) electrons. The summed E-state index contributed by atoms with van der Waals surface area (Å²) in [6, 6.07) is 3.39. The molecule has 98 valence electrons. The lowest BCUT2D eigenvalue weighted by Crippen LogP contribution is -2.39. The summed E-state index contributed by atoms with van der Waals surface area (Å²) in [4.78, 5) is 9.86. The first-order valence-electron chi connectivity index (χ1n) is 5.36. The molecule has 1 aromatic rings. The van der Waals surface area contributed by atoms with Crippen LogP contribution in [0.2, 0.25) is 5.02 Å². The fourth-order valence-corrected chi connectivity index (χ4v) is 3.12. The number of hydrogen-bond acceptors (Lipinski definition) is 4. The maximum absolute atomic E-state index is 11.9. The van der Waals surface area contributed by atoms with Crippen LogP contribution in [0.1, 0.15) is 19.3 Å². The van der Waals surface area contributed by atoms with E-state index in [9.17, 15) is 18.5 Å². The van der Waals surface area contributed by atoms with E-state index in [0.717, 1.165) is 25.3 Å². The van der Waals surface area contributed by atoms with Crippen LogP contribution in [-0.2, 0) is 10.0 Å². The lowest BCUT2D eigenvalue weighted by molar-refractivity contribution is -0.384. The van der Waals surface area contributed by atoms with Crippen LogP contribution in [0.25, 0.3) is 0 Å². The molecule has 0 saturated heterocycles. The van der Waals surface area contributed by atoms with Gasteiger partial charge >= 0.3 is 0 Å². The Kier molecular flexibility index (Phi) is 3.56. The van der Waals surface area contributed by atoms with Gasteiger partial charge in [0, 0.05) is 12.1 Å². The van der Waals surface area contributed by atoms with E-state index in [4.69, 9.17) is 11.6 Å². The summed E-state index contributed by atoms with van der Waals surface area (Å²) in [6.07, 6.45) is 2.60. The van der Waals surface area contributed by atoms with E-state index >= 15 is 0 Å². The maximum Gasteiger partial charge on any atom is 0.289 e.